The van der Waals surface area contributed by atoms with E-state index in [1.807, 2.05) is 0 Å². The molecule has 1 heterocycles. The summed E-state index contributed by atoms with van der Waals surface area (Å²) in [4.78, 5) is -0.0565. The Hall–Kier alpha value is -0.690. The molecule has 0 saturated carbocycles. The fourth-order valence-electron chi connectivity index (χ4n) is 2.82. The molecule has 0 spiro atoms. The van der Waals surface area contributed by atoms with Gasteiger partial charge in [0, 0.05) is 19.1 Å². The summed E-state index contributed by atoms with van der Waals surface area (Å²) >= 11 is 5.90. The van der Waals surface area contributed by atoms with Gasteiger partial charge in [-0.2, -0.15) is 4.31 Å². The SMILES string of the molecule is CCC1CCN(S(=O)(=O)c2ccc(F)cc2Cl)C(CN)C1. The lowest BCUT2D eigenvalue weighted by atomic mass is 9.90. The van der Waals surface area contributed by atoms with Crippen LogP contribution in [-0.4, -0.2) is 31.9 Å². The lowest BCUT2D eigenvalue weighted by Gasteiger charge is -2.37. The Kier molecular flexibility index (Phi) is 5.24. The molecule has 1 aromatic rings. The third-order valence-electron chi connectivity index (χ3n) is 4.10. The first-order valence-corrected chi connectivity index (χ1v) is 8.89. The largest absolute Gasteiger partial charge is 0.329 e. The molecule has 1 aliphatic rings. The van der Waals surface area contributed by atoms with Crippen molar-refractivity contribution in [2.75, 3.05) is 13.1 Å². The normalized spacial score (nSPS) is 24.2. The summed E-state index contributed by atoms with van der Waals surface area (Å²) in [6, 6.07) is 3.11. The minimum atomic E-state index is -3.75. The van der Waals surface area contributed by atoms with Crippen molar-refractivity contribution in [1.29, 1.82) is 0 Å². The van der Waals surface area contributed by atoms with Gasteiger partial charge in [-0.05, 0) is 37.0 Å². The number of hydrogen-bond donors (Lipinski definition) is 1. The van der Waals surface area contributed by atoms with Crippen LogP contribution in [0.5, 0.6) is 0 Å². The summed E-state index contributed by atoms with van der Waals surface area (Å²) in [6.07, 6.45) is 2.58. The molecule has 118 valence electrons. The smallest absolute Gasteiger partial charge is 0.244 e. The van der Waals surface area contributed by atoms with Gasteiger partial charge in [-0.3, -0.25) is 0 Å². The molecule has 2 atom stereocenters. The lowest BCUT2D eigenvalue weighted by Crippen LogP contribution is -2.49. The van der Waals surface area contributed by atoms with Crippen LogP contribution in [0.1, 0.15) is 26.2 Å². The number of benzene rings is 1. The summed E-state index contributed by atoms with van der Waals surface area (Å²) < 4.78 is 40.0. The summed E-state index contributed by atoms with van der Waals surface area (Å²) in [5.74, 6) is -0.0623. The van der Waals surface area contributed by atoms with Gasteiger partial charge in [0.1, 0.15) is 10.7 Å². The lowest BCUT2D eigenvalue weighted by molar-refractivity contribution is 0.197. The highest BCUT2D eigenvalue weighted by atomic mass is 35.5. The van der Waals surface area contributed by atoms with Gasteiger partial charge in [0.15, 0.2) is 0 Å². The van der Waals surface area contributed by atoms with Crippen molar-refractivity contribution in [3.63, 3.8) is 0 Å². The van der Waals surface area contributed by atoms with Crippen molar-refractivity contribution in [1.82, 2.24) is 4.31 Å². The Morgan fingerprint density at radius 2 is 2.19 bits per heavy atom. The van der Waals surface area contributed by atoms with E-state index in [1.165, 1.54) is 10.4 Å². The van der Waals surface area contributed by atoms with Gasteiger partial charge in [-0.15, -0.1) is 0 Å². The Labute approximate surface area is 130 Å². The molecule has 2 unspecified atom stereocenters. The zero-order chi connectivity index (χ0) is 15.6. The molecule has 1 saturated heterocycles. The van der Waals surface area contributed by atoms with Crippen LogP contribution < -0.4 is 5.73 Å². The van der Waals surface area contributed by atoms with E-state index >= 15 is 0 Å². The van der Waals surface area contributed by atoms with E-state index in [4.69, 9.17) is 17.3 Å². The maximum atomic E-state index is 13.1. The first-order valence-electron chi connectivity index (χ1n) is 7.07. The van der Waals surface area contributed by atoms with E-state index in [9.17, 15) is 12.8 Å². The number of nitrogens with zero attached hydrogens (tertiary/aromatic N) is 1. The molecular weight excluding hydrogens is 315 g/mol. The predicted molar refractivity (Wildman–Crippen MR) is 81.2 cm³/mol. The highest BCUT2D eigenvalue weighted by Gasteiger charge is 2.36. The van der Waals surface area contributed by atoms with E-state index in [1.54, 1.807) is 0 Å². The second-order valence-electron chi connectivity index (χ2n) is 5.38. The first kappa shape index (κ1) is 16.7. The number of piperidine rings is 1. The highest BCUT2D eigenvalue weighted by molar-refractivity contribution is 7.89. The average Bonchev–Trinajstić information content (AvgIpc) is 2.46. The molecule has 4 nitrogen and oxygen atoms in total. The van der Waals surface area contributed by atoms with Gasteiger partial charge in [0.25, 0.3) is 0 Å². The number of halogens is 2. The van der Waals surface area contributed by atoms with Crippen LogP contribution in [0.15, 0.2) is 23.1 Å². The Balaban J connectivity index is 2.34. The van der Waals surface area contributed by atoms with Crippen LogP contribution in [0.2, 0.25) is 5.02 Å². The third-order valence-corrected chi connectivity index (χ3v) is 6.54. The minimum Gasteiger partial charge on any atom is -0.329 e. The van der Waals surface area contributed by atoms with Gasteiger partial charge in [-0.1, -0.05) is 24.9 Å². The standard InChI is InChI=1S/C14H20ClFN2O2S/c1-2-10-5-6-18(12(7-10)9-17)21(19,20)14-4-3-11(16)8-13(14)15/h3-4,8,10,12H,2,5-7,9,17H2,1H3. The van der Waals surface area contributed by atoms with Gasteiger partial charge in [0.05, 0.1) is 5.02 Å². The average molecular weight is 335 g/mol. The molecule has 0 aromatic heterocycles. The first-order chi connectivity index (χ1) is 9.90. The van der Waals surface area contributed by atoms with Crippen molar-refractivity contribution in [3.05, 3.63) is 29.0 Å². The second-order valence-corrected chi connectivity index (χ2v) is 7.64. The van der Waals surface area contributed by atoms with Crippen LogP contribution in [0.4, 0.5) is 4.39 Å². The van der Waals surface area contributed by atoms with E-state index < -0.39 is 15.8 Å². The second kappa shape index (κ2) is 6.60. The molecule has 2 rings (SSSR count). The molecular formula is C14H20ClFN2O2S. The van der Waals surface area contributed by atoms with Gasteiger partial charge < -0.3 is 5.73 Å². The van der Waals surface area contributed by atoms with Gasteiger partial charge >= 0.3 is 0 Å². The van der Waals surface area contributed by atoms with Gasteiger partial charge in [-0.25, -0.2) is 12.8 Å². The quantitative estimate of drug-likeness (QED) is 0.920. The molecule has 1 aliphatic heterocycles. The summed E-state index contributed by atoms with van der Waals surface area (Å²) in [7, 11) is -3.75. The maximum Gasteiger partial charge on any atom is 0.244 e. The zero-order valence-corrected chi connectivity index (χ0v) is 13.5. The summed E-state index contributed by atoms with van der Waals surface area (Å²) in [5, 5.41) is -0.0941. The van der Waals surface area contributed by atoms with Crippen LogP contribution in [0, 0.1) is 11.7 Å². The van der Waals surface area contributed by atoms with Crippen LogP contribution in [0.25, 0.3) is 0 Å². The number of nitrogens with two attached hydrogens (primary N) is 1. The minimum absolute atomic E-state index is 0.0565. The molecule has 1 aromatic carbocycles. The van der Waals surface area contributed by atoms with E-state index in [2.05, 4.69) is 6.92 Å². The highest BCUT2D eigenvalue weighted by Crippen LogP contribution is 2.32. The molecule has 7 heteroatoms. The van der Waals surface area contributed by atoms with Crippen molar-refractivity contribution in [2.45, 2.75) is 37.1 Å². The van der Waals surface area contributed by atoms with E-state index in [0.29, 0.717) is 12.5 Å². The monoisotopic (exact) mass is 334 g/mol. The number of hydrogen-bond acceptors (Lipinski definition) is 3. The zero-order valence-electron chi connectivity index (χ0n) is 11.9. The van der Waals surface area contributed by atoms with Crippen LogP contribution in [-0.2, 0) is 10.0 Å². The van der Waals surface area contributed by atoms with E-state index in [0.717, 1.165) is 31.4 Å². The van der Waals surface area contributed by atoms with Gasteiger partial charge in [0.2, 0.25) is 10.0 Å². The Morgan fingerprint density at radius 1 is 1.48 bits per heavy atom. The third kappa shape index (κ3) is 3.39. The molecule has 2 N–H and O–H groups in total. The Morgan fingerprint density at radius 3 is 2.76 bits per heavy atom. The predicted octanol–water partition coefficient (Wildman–Crippen LogP) is 2.62. The van der Waals surface area contributed by atoms with Crippen molar-refractivity contribution in [3.8, 4) is 0 Å². The molecule has 0 bridgehead atoms. The molecule has 0 amide bonds. The molecule has 0 aliphatic carbocycles. The van der Waals surface area contributed by atoms with Crippen LogP contribution >= 0.6 is 11.6 Å². The summed E-state index contributed by atoms with van der Waals surface area (Å²) in [6.45, 7) is 2.80. The molecule has 0 radical (unpaired) electrons. The fraction of sp³-hybridized carbons (Fsp3) is 0.571. The summed E-state index contributed by atoms with van der Waals surface area (Å²) in [5.41, 5.74) is 5.75. The maximum absolute atomic E-state index is 13.1. The topological polar surface area (TPSA) is 63.4 Å². The van der Waals surface area contributed by atoms with Crippen molar-refractivity contribution < 1.29 is 12.8 Å². The number of sulfonamides is 1. The number of rotatable bonds is 4. The van der Waals surface area contributed by atoms with Crippen LogP contribution in [0.3, 0.4) is 0 Å². The molecule has 21 heavy (non-hydrogen) atoms. The van der Waals surface area contributed by atoms with Crippen molar-refractivity contribution in [2.24, 2.45) is 11.7 Å². The Bertz CT molecular complexity index is 609. The van der Waals surface area contributed by atoms with Crippen molar-refractivity contribution >= 4 is 21.6 Å². The van der Waals surface area contributed by atoms with E-state index in [-0.39, 0.29) is 22.5 Å². The fourth-order valence-corrected chi connectivity index (χ4v) is 4.99. The molecule has 1 fully saturated rings.